The number of methoxy groups -OCH3 is 1. The topological polar surface area (TPSA) is 74.0 Å². The van der Waals surface area contributed by atoms with Crippen LogP contribution in [-0.4, -0.2) is 45.2 Å². The molecule has 1 spiro atoms. The fourth-order valence-corrected chi connectivity index (χ4v) is 3.10. The van der Waals surface area contributed by atoms with Crippen molar-refractivity contribution >= 4 is 17.3 Å². The van der Waals surface area contributed by atoms with Crippen LogP contribution in [-0.2, 0) is 14.2 Å². The van der Waals surface area contributed by atoms with E-state index in [0.29, 0.717) is 36.7 Å². The molecular formula is C15H20N2O4. The lowest BCUT2D eigenvalue weighted by Crippen LogP contribution is -2.49. The summed E-state index contributed by atoms with van der Waals surface area (Å²) in [7, 11) is 1.37. The van der Waals surface area contributed by atoms with Crippen LogP contribution in [0.2, 0.25) is 0 Å². The number of rotatable bonds is 2. The van der Waals surface area contributed by atoms with Gasteiger partial charge < -0.3 is 24.8 Å². The number of nitrogens with two attached hydrogens (primary N) is 1. The molecule has 6 heteroatoms. The van der Waals surface area contributed by atoms with Crippen LogP contribution in [0.3, 0.4) is 0 Å². The summed E-state index contributed by atoms with van der Waals surface area (Å²) in [4.78, 5) is 14.0. The number of nitrogen functional groups attached to an aromatic ring is 1. The van der Waals surface area contributed by atoms with Crippen LogP contribution < -0.4 is 10.6 Å². The number of carbonyl (C=O) groups is 1. The van der Waals surface area contributed by atoms with Gasteiger partial charge >= 0.3 is 5.97 Å². The fourth-order valence-electron chi connectivity index (χ4n) is 3.10. The van der Waals surface area contributed by atoms with Crippen molar-refractivity contribution in [1.82, 2.24) is 0 Å². The Hall–Kier alpha value is -1.79. The average Bonchev–Trinajstić information content (AvgIpc) is 2.94. The normalized spacial score (nSPS) is 20.7. The lowest BCUT2D eigenvalue weighted by Gasteiger charge is -2.40. The number of benzene rings is 1. The van der Waals surface area contributed by atoms with Gasteiger partial charge in [-0.1, -0.05) is 6.07 Å². The summed E-state index contributed by atoms with van der Waals surface area (Å²) in [5, 5.41) is 0. The van der Waals surface area contributed by atoms with Crippen LogP contribution in [0.25, 0.3) is 0 Å². The van der Waals surface area contributed by atoms with Crippen molar-refractivity contribution in [2.75, 3.05) is 44.0 Å². The van der Waals surface area contributed by atoms with Gasteiger partial charge in [0.15, 0.2) is 5.79 Å². The molecule has 3 rings (SSSR count). The summed E-state index contributed by atoms with van der Waals surface area (Å²) < 4.78 is 16.4. The lowest BCUT2D eigenvalue weighted by molar-refractivity contribution is -0.161. The molecule has 0 bridgehead atoms. The number of anilines is 2. The van der Waals surface area contributed by atoms with Crippen molar-refractivity contribution < 1.29 is 19.0 Å². The zero-order chi connectivity index (χ0) is 14.9. The predicted octanol–water partition coefficient (Wildman–Crippen LogP) is 1.40. The van der Waals surface area contributed by atoms with Gasteiger partial charge in [-0.2, -0.15) is 0 Å². The number of hydrogen-bond acceptors (Lipinski definition) is 6. The Labute approximate surface area is 123 Å². The van der Waals surface area contributed by atoms with E-state index in [1.807, 2.05) is 0 Å². The lowest BCUT2D eigenvalue weighted by atomic mass is 10.0. The van der Waals surface area contributed by atoms with E-state index < -0.39 is 5.79 Å². The summed E-state index contributed by atoms with van der Waals surface area (Å²) in [5.41, 5.74) is 7.85. The average molecular weight is 292 g/mol. The number of nitrogens with zero attached hydrogens (tertiary/aromatic N) is 1. The van der Waals surface area contributed by atoms with Crippen LogP contribution in [0.15, 0.2) is 18.2 Å². The van der Waals surface area contributed by atoms with Gasteiger partial charge in [-0.15, -0.1) is 0 Å². The SMILES string of the molecule is COC(=O)c1cccc(N)c1N1CCCC2(C1)OCCO2. The van der Waals surface area contributed by atoms with Gasteiger partial charge in [-0.25, -0.2) is 4.79 Å². The van der Waals surface area contributed by atoms with E-state index in [2.05, 4.69) is 4.90 Å². The van der Waals surface area contributed by atoms with Crippen molar-refractivity contribution in [2.45, 2.75) is 18.6 Å². The molecule has 2 aliphatic heterocycles. The largest absolute Gasteiger partial charge is 0.465 e. The summed E-state index contributed by atoms with van der Waals surface area (Å²) in [6.07, 6.45) is 1.79. The van der Waals surface area contributed by atoms with E-state index in [0.717, 1.165) is 19.4 Å². The van der Waals surface area contributed by atoms with Gasteiger partial charge in [0, 0.05) is 13.0 Å². The van der Waals surface area contributed by atoms with E-state index in [4.69, 9.17) is 19.9 Å². The molecule has 21 heavy (non-hydrogen) atoms. The molecule has 0 saturated carbocycles. The first kappa shape index (κ1) is 14.2. The van der Waals surface area contributed by atoms with Gasteiger partial charge in [0.05, 0.1) is 43.8 Å². The molecular weight excluding hydrogens is 272 g/mol. The molecule has 114 valence electrons. The first-order valence-electron chi connectivity index (χ1n) is 7.15. The van der Waals surface area contributed by atoms with Crippen LogP contribution in [0, 0.1) is 0 Å². The molecule has 0 aromatic heterocycles. The third-order valence-corrected chi connectivity index (χ3v) is 4.02. The highest BCUT2D eigenvalue weighted by Crippen LogP contribution is 2.36. The quantitative estimate of drug-likeness (QED) is 0.656. The fraction of sp³-hybridized carbons (Fsp3) is 0.533. The van der Waals surface area contributed by atoms with Crippen molar-refractivity contribution in [2.24, 2.45) is 0 Å². The molecule has 2 fully saturated rings. The Kier molecular flexibility index (Phi) is 3.73. The summed E-state index contributed by atoms with van der Waals surface area (Å²) in [6.45, 7) is 2.61. The molecule has 0 radical (unpaired) electrons. The molecule has 0 amide bonds. The van der Waals surface area contributed by atoms with Gasteiger partial charge in [-0.3, -0.25) is 0 Å². The minimum absolute atomic E-state index is 0.384. The Morgan fingerprint density at radius 3 is 2.86 bits per heavy atom. The Morgan fingerprint density at radius 1 is 1.38 bits per heavy atom. The first-order valence-corrected chi connectivity index (χ1v) is 7.15. The van der Waals surface area contributed by atoms with Gasteiger partial charge in [0.1, 0.15) is 0 Å². The highest BCUT2D eigenvalue weighted by Gasteiger charge is 2.41. The second-order valence-electron chi connectivity index (χ2n) is 5.37. The molecule has 2 saturated heterocycles. The number of hydrogen-bond donors (Lipinski definition) is 1. The molecule has 2 aliphatic rings. The third kappa shape index (κ3) is 2.56. The number of piperidine rings is 1. The zero-order valence-electron chi connectivity index (χ0n) is 12.1. The van der Waals surface area contributed by atoms with Gasteiger partial charge in [0.25, 0.3) is 0 Å². The van der Waals surface area contributed by atoms with E-state index >= 15 is 0 Å². The van der Waals surface area contributed by atoms with Crippen molar-refractivity contribution in [3.8, 4) is 0 Å². The summed E-state index contributed by atoms with van der Waals surface area (Å²) in [5.74, 6) is -0.946. The smallest absolute Gasteiger partial charge is 0.340 e. The summed E-state index contributed by atoms with van der Waals surface area (Å²) in [6, 6.07) is 5.28. The molecule has 0 aliphatic carbocycles. The maximum Gasteiger partial charge on any atom is 0.340 e. The van der Waals surface area contributed by atoms with Crippen molar-refractivity contribution in [1.29, 1.82) is 0 Å². The molecule has 2 N–H and O–H groups in total. The number of para-hydroxylation sites is 1. The Morgan fingerprint density at radius 2 is 2.14 bits per heavy atom. The minimum Gasteiger partial charge on any atom is -0.465 e. The highest BCUT2D eigenvalue weighted by atomic mass is 16.7. The predicted molar refractivity (Wildman–Crippen MR) is 78.3 cm³/mol. The maximum atomic E-state index is 12.0. The Bertz CT molecular complexity index is 540. The van der Waals surface area contributed by atoms with Crippen molar-refractivity contribution in [3.05, 3.63) is 23.8 Å². The molecule has 6 nitrogen and oxygen atoms in total. The van der Waals surface area contributed by atoms with Crippen LogP contribution in [0.1, 0.15) is 23.2 Å². The van der Waals surface area contributed by atoms with E-state index in [9.17, 15) is 4.79 Å². The monoisotopic (exact) mass is 292 g/mol. The standard InChI is InChI=1S/C15H20N2O4/c1-19-14(18)11-4-2-5-12(16)13(11)17-7-3-6-15(10-17)20-8-9-21-15/h2,4-5H,3,6-10,16H2,1H3. The Balaban J connectivity index is 1.94. The van der Waals surface area contributed by atoms with Crippen LogP contribution in [0.5, 0.6) is 0 Å². The van der Waals surface area contributed by atoms with Gasteiger partial charge in [0.2, 0.25) is 0 Å². The van der Waals surface area contributed by atoms with Crippen LogP contribution >= 0.6 is 0 Å². The molecule has 1 aromatic carbocycles. The molecule has 0 unspecified atom stereocenters. The zero-order valence-corrected chi connectivity index (χ0v) is 12.1. The second kappa shape index (κ2) is 5.54. The highest BCUT2D eigenvalue weighted by molar-refractivity contribution is 5.99. The second-order valence-corrected chi connectivity index (χ2v) is 5.37. The summed E-state index contributed by atoms with van der Waals surface area (Å²) >= 11 is 0. The molecule has 2 heterocycles. The van der Waals surface area contributed by atoms with E-state index in [1.54, 1.807) is 18.2 Å². The maximum absolute atomic E-state index is 12.0. The third-order valence-electron chi connectivity index (χ3n) is 4.02. The van der Waals surface area contributed by atoms with E-state index in [-0.39, 0.29) is 5.97 Å². The minimum atomic E-state index is -0.562. The molecule has 1 aromatic rings. The molecule has 0 atom stereocenters. The van der Waals surface area contributed by atoms with Gasteiger partial charge in [-0.05, 0) is 18.6 Å². The number of ether oxygens (including phenoxy) is 3. The van der Waals surface area contributed by atoms with Crippen LogP contribution in [0.4, 0.5) is 11.4 Å². The van der Waals surface area contributed by atoms with E-state index in [1.165, 1.54) is 7.11 Å². The number of carbonyl (C=O) groups excluding carboxylic acids is 1. The van der Waals surface area contributed by atoms with Crippen molar-refractivity contribution in [3.63, 3.8) is 0 Å². The first-order chi connectivity index (χ1) is 10.2. The number of esters is 1.